The molecule has 1 amide bonds. The van der Waals surface area contributed by atoms with Gasteiger partial charge in [0, 0.05) is 17.8 Å². The van der Waals surface area contributed by atoms with Crippen LogP contribution in [0, 0.1) is 28.3 Å². The van der Waals surface area contributed by atoms with E-state index in [1.54, 1.807) is 26.0 Å². The van der Waals surface area contributed by atoms with Crippen LogP contribution < -0.4 is 10.6 Å². The van der Waals surface area contributed by atoms with E-state index >= 15 is 0 Å². The van der Waals surface area contributed by atoms with Crippen molar-refractivity contribution in [3.63, 3.8) is 0 Å². The van der Waals surface area contributed by atoms with Crippen molar-refractivity contribution in [3.05, 3.63) is 65.3 Å². The molecule has 3 aromatic rings. The van der Waals surface area contributed by atoms with Crippen molar-refractivity contribution < 1.29 is 32.3 Å². The summed E-state index contributed by atoms with van der Waals surface area (Å²) in [6.07, 6.45) is 3.35. The molecule has 1 saturated carbocycles. The Balaban J connectivity index is 1.35. The quantitative estimate of drug-likeness (QED) is 0.317. The molecule has 0 atom stereocenters. The van der Waals surface area contributed by atoms with Gasteiger partial charge in [0.15, 0.2) is 11.6 Å². The lowest BCUT2D eigenvalue weighted by Crippen LogP contribution is -2.43. The van der Waals surface area contributed by atoms with Crippen molar-refractivity contribution in [2.45, 2.75) is 52.4 Å². The Morgan fingerprint density at radius 1 is 1.03 bits per heavy atom. The van der Waals surface area contributed by atoms with E-state index < -0.39 is 46.3 Å². The summed E-state index contributed by atoms with van der Waals surface area (Å²) in [6, 6.07) is 7.91. The molecule has 0 bridgehead atoms. The third-order valence-electron chi connectivity index (χ3n) is 7.64. The molecule has 3 N–H and O–H groups in total. The van der Waals surface area contributed by atoms with E-state index in [9.17, 15) is 27.9 Å². The molecule has 196 valence electrons. The minimum Gasteiger partial charge on any atom is -0.481 e. The summed E-state index contributed by atoms with van der Waals surface area (Å²) in [7, 11) is 0. The summed E-state index contributed by atoms with van der Waals surface area (Å²) in [6.45, 7) is 5.62. The molecular weight excluding hydrogens is 489 g/mol. The predicted octanol–water partition coefficient (Wildman–Crippen LogP) is 6.26. The van der Waals surface area contributed by atoms with Gasteiger partial charge in [-0.25, -0.2) is 13.2 Å². The van der Waals surface area contributed by atoms with Gasteiger partial charge in [-0.15, -0.1) is 5.10 Å². The second-order valence-electron chi connectivity index (χ2n) is 10.1. The summed E-state index contributed by atoms with van der Waals surface area (Å²) >= 11 is 0. The van der Waals surface area contributed by atoms with Crippen LogP contribution in [-0.2, 0) is 4.79 Å². The molecule has 8 nitrogen and oxygen atoms in total. The van der Waals surface area contributed by atoms with E-state index in [1.165, 1.54) is 0 Å². The third kappa shape index (κ3) is 5.30. The van der Waals surface area contributed by atoms with Crippen molar-refractivity contribution in [2.75, 3.05) is 10.6 Å². The van der Waals surface area contributed by atoms with Crippen molar-refractivity contribution in [1.82, 2.24) is 10.2 Å². The zero-order valence-corrected chi connectivity index (χ0v) is 20.6. The lowest BCUT2D eigenvalue weighted by molar-refractivity contribution is -0.156. The first kappa shape index (κ1) is 26.2. The van der Waals surface area contributed by atoms with E-state index in [-0.39, 0.29) is 11.4 Å². The fourth-order valence-corrected chi connectivity index (χ4v) is 4.59. The van der Waals surface area contributed by atoms with Gasteiger partial charge in [0.1, 0.15) is 5.82 Å². The van der Waals surface area contributed by atoms with Gasteiger partial charge in [-0.1, -0.05) is 24.2 Å². The van der Waals surface area contributed by atoms with Gasteiger partial charge in [-0.2, -0.15) is 0 Å². The smallest absolute Gasteiger partial charge is 0.320 e. The monoisotopic (exact) mass is 516 g/mol. The van der Waals surface area contributed by atoms with Crippen LogP contribution in [0.3, 0.4) is 0 Å². The van der Waals surface area contributed by atoms with Crippen LogP contribution in [0.25, 0.3) is 0 Å². The highest BCUT2D eigenvalue weighted by Gasteiger charge is 2.48. The fourth-order valence-electron chi connectivity index (χ4n) is 4.59. The highest BCUT2D eigenvalue weighted by molar-refractivity contribution is 6.00. The highest BCUT2D eigenvalue weighted by Crippen LogP contribution is 2.52. The summed E-state index contributed by atoms with van der Waals surface area (Å²) in [4.78, 5) is 24.2. The number of benzene rings is 2. The molecule has 11 heteroatoms. The Bertz CT molecular complexity index is 1320. The Hall–Kier alpha value is -3.89. The molecule has 2 aromatic carbocycles. The number of carboxylic acid groups (broad SMARTS) is 1. The maximum absolute atomic E-state index is 13.8. The maximum Gasteiger partial charge on any atom is 0.320 e. The summed E-state index contributed by atoms with van der Waals surface area (Å²) < 4.78 is 45.4. The van der Waals surface area contributed by atoms with Crippen LogP contribution in [-0.4, -0.2) is 27.2 Å². The number of hydrogen-bond donors (Lipinski definition) is 3. The number of anilines is 3. The van der Waals surface area contributed by atoms with Crippen LogP contribution >= 0.6 is 0 Å². The van der Waals surface area contributed by atoms with Crippen LogP contribution in [0.1, 0.15) is 68.6 Å². The Labute approximate surface area is 211 Å². The van der Waals surface area contributed by atoms with E-state index in [4.69, 9.17) is 4.42 Å². The molecule has 0 saturated heterocycles. The van der Waals surface area contributed by atoms with Gasteiger partial charge in [-0.3, -0.25) is 9.59 Å². The Morgan fingerprint density at radius 3 is 2.27 bits per heavy atom. The summed E-state index contributed by atoms with van der Waals surface area (Å²) in [5, 5.41) is 21.7. The molecule has 0 aliphatic heterocycles. The van der Waals surface area contributed by atoms with Gasteiger partial charge in [0.2, 0.25) is 0 Å². The number of amides is 1. The lowest BCUT2D eigenvalue weighted by atomic mass is 9.57. The molecule has 0 unspecified atom stereocenters. The maximum atomic E-state index is 13.8. The molecule has 0 radical (unpaired) electrons. The van der Waals surface area contributed by atoms with Crippen molar-refractivity contribution in [2.24, 2.45) is 10.8 Å². The van der Waals surface area contributed by atoms with Gasteiger partial charge >= 0.3 is 23.8 Å². The van der Waals surface area contributed by atoms with Gasteiger partial charge in [0.05, 0.1) is 11.1 Å². The van der Waals surface area contributed by atoms with Gasteiger partial charge in [0.25, 0.3) is 0 Å². The standard InChI is InChI=1S/C26H27F3N4O4/c1-25(2,23(35)36)26(3)10-8-15(9-11-26)14-4-6-16(7-5-14)30-21(34)22-32-33-24(37-22)31-20-13-18(28)17(27)12-19(20)29/h4-7,12-13,15H,8-11H2,1-3H3,(H,30,34)(H,31,33)(H,35,36). The van der Waals surface area contributed by atoms with Gasteiger partial charge in [-0.05, 0) is 68.6 Å². The number of carboxylic acids is 1. The van der Waals surface area contributed by atoms with Crippen molar-refractivity contribution in [3.8, 4) is 0 Å². The minimum atomic E-state index is -1.34. The number of nitrogens with zero attached hydrogens (tertiary/aromatic N) is 2. The second kappa shape index (κ2) is 9.87. The zero-order chi connectivity index (χ0) is 27.0. The van der Waals surface area contributed by atoms with Gasteiger partial charge < -0.3 is 20.2 Å². The average molecular weight is 517 g/mol. The molecule has 37 heavy (non-hydrogen) atoms. The fraction of sp³-hybridized carbons (Fsp3) is 0.385. The normalized spacial score (nSPS) is 19.9. The average Bonchev–Trinajstić information content (AvgIpc) is 3.32. The van der Waals surface area contributed by atoms with E-state index in [1.807, 2.05) is 19.1 Å². The largest absolute Gasteiger partial charge is 0.481 e. The molecule has 1 fully saturated rings. The van der Waals surface area contributed by atoms with Crippen LogP contribution in [0.15, 0.2) is 40.8 Å². The molecule has 1 aromatic heterocycles. The number of hydrogen-bond acceptors (Lipinski definition) is 6. The van der Waals surface area contributed by atoms with Crippen LogP contribution in [0.4, 0.5) is 30.6 Å². The van der Waals surface area contributed by atoms with Crippen LogP contribution in [0.5, 0.6) is 0 Å². The summed E-state index contributed by atoms with van der Waals surface area (Å²) in [5.74, 6) is -5.29. The molecule has 1 aliphatic rings. The highest BCUT2D eigenvalue weighted by atomic mass is 19.2. The van der Waals surface area contributed by atoms with E-state index in [2.05, 4.69) is 20.8 Å². The second-order valence-corrected chi connectivity index (χ2v) is 10.1. The van der Waals surface area contributed by atoms with E-state index in [0.717, 1.165) is 31.2 Å². The van der Waals surface area contributed by atoms with E-state index in [0.29, 0.717) is 23.7 Å². The number of halogens is 3. The van der Waals surface area contributed by atoms with Crippen LogP contribution in [0.2, 0.25) is 0 Å². The first-order valence-electron chi connectivity index (χ1n) is 11.8. The van der Waals surface area contributed by atoms with Crippen molar-refractivity contribution >= 4 is 29.3 Å². The molecule has 4 rings (SSSR count). The summed E-state index contributed by atoms with van der Waals surface area (Å²) in [5.41, 5.74) is 0.0727. The predicted molar refractivity (Wildman–Crippen MR) is 129 cm³/mol. The number of carbonyl (C=O) groups excluding carboxylic acids is 1. The SMILES string of the molecule is CC1(C(C)(C)C(=O)O)CCC(c2ccc(NC(=O)c3nnc(Nc4cc(F)c(F)cc4F)o3)cc2)CC1. The number of nitrogens with one attached hydrogen (secondary N) is 2. The zero-order valence-electron chi connectivity index (χ0n) is 20.6. The van der Waals surface area contributed by atoms with Crippen molar-refractivity contribution in [1.29, 1.82) is 0 Å². The minimum absolute atomic E-state index is 0.280. The number of aromatic nitrogens is 2. The number of carbonyl (C=O) groups is 2. The first-order chi connectivity index (χ1) is 17.4. The third-order valence-corrected chi connectivity index (χ3v) is 7.64. The molecule has 1 heterocycles. The first-order valence-corrected chi connectivity index (χ1v) is 11.8. The molecule has 0 spiro atoms. The number of aliphatic carboxylic acids is 1. The number of rotatable bonds is 7. The topological polar surface area (TPSA) is 117 Å². The Morgan fingerprint density at radius 2 is 1.65 bits per heavy atom. The molecular formula is C26H27F3N4O4. The molecule has 1 aliphatic carbocycles. The lowest BCUT2D eigenvalue weighted by Gasteiger charge is -2.46. The Kier molecular flexibility index (Phi) is 6.98.